The van der Waals surface area contributed by atoms with Gasteiger partial charge in [-0.15, -0.1) is 0 Å². The van der Waals surface area contributed by atoms with Crippen LogP contribution in [0.2, 0.25) is 0 Å². The fourth-order valence-corrected chi connectivity index (χ4v) is 1.62. The molecular weight excluding hydrogens is 210 g/mol. The van der Waals surface area contributed by atoms with Gasteiger partial charge in [-0.3, -0.25) is 4.72 Å². The summed E-state index contributed by atoms with van der Waals surface area (Å²) in [7, 11) is 0. The monoisotopic (exact) mass is 225 g/mol. The number of carbonyl (C=O) groups excluding carboxylic acids is 1. The molecule has 3 nitrogen and oxygen atoms in total. The first-order valence-electron chi connectivity index (χ1n) is 4.89. The summed E-state index contributed by atoms with van der Waals surface area (Å²) in [4.78, 5) is 12.2. The molecule has 4 heteroatoms. The van der Waals surface area contributed by atoms with Crippen molar-refractivity contribution in [3.8, 4) is 0 Å². The van der Waals surface area contributed by atoms with Crippen LogP contribution in [0.15, 0.2) is 29.2 Å². The Morgan fingerprint density at radius 1 is 1.47 bits per heavy atom. The second kappa shape index (κ2) is 6.35. The van der Waals surface area contributed by atoms with Gasteiger partial charge in [-0.25, -0.2) is 4.79 Å². The highest BCUT2D eigenvalue weighted by Crippen LogP contribution is 2.18. The molecule has 0 aliphatic rings. The summed E-state index contributed by atoms with van der Waals surface area (Å²) in [6.45, 7) is 4.42. The van der Waals surface area contributed by atoms with Crippen LogP contribution in [-0.2, 0) is 4.74 Å². The maximum absolute atomic E-state index is 11.1. The molecule has 0 saturated heterocycles. The van der Waals surface area contributed by atoms with Crippen molar-refractivity contribution < 1.29 is 9.53 Å². The van der Waals surface area contributed by atoms with E-state index in [9.17, 15) is 4.79 Å². The lowest BCUT2D eigenvalue weighted by atomic mass is 10.2. The van der Waals surface area contributed by atoms with Crippen molar-refractivity contribution in [2.24, 2.45) is 0 Å². The van der Waals surface area contributed by atoms with Crippen LogP contribution < -0.4 is 4.72 Å². The maximum atomic E-state index is 11.1. The van der Waals surface area contributed by atoms with Crippen molar-refractivity contribution in [2.45, 2.75) is 25.2 Å². The molecule has 0 atom stereocenters. The summed E-state index contributed by atoms with van der Waals surface area (Å²) in [6.07, 6.45) is 0.452. The van der Waals surface area contributed by atoms with E-state index < -0.39 is 0 Å². The molecule has 1 N–H and O–H groups in total. The Labute approximate surface area is 94.3 Å². The quantitative estimate of drug-likeness (QED) is 0.800. The van der Waals surface area contributed by atoms with Gasteiger partial charge in [0.2, 0.25) is 0 Å². The van der Waals surface area contributed by atoms with E-state index in [1.54, 1.807) is 0 Å². The van der Waals surface area contributed by atoms with Crippen molar-refractivity contribution >= 4 is 18.0 Å². The Hall–Kier alpha value is -1.16. The number of aryl methyl sites for hydroxylation is 1. The van der Waals surface area contributed by atoms with Crippen molar-refractivity contribution in [2.75, 3.05) is 6.61 Å². The predicted molar refractivity (Wildman–Crippen MR) is 61.8 cm³/mol. The number of hydrogen-bond donors (Lipinski definition) is 1. The van der Waals surface area contributed by atoms with Gasteiger partial charge in [0.05, 0.1) is 6.61 Å². The first-order chi connectivity index (χ1) is 7.24. The van der Waals surface area contributed by atoms with Gasteiger partial charge >= 0.3 is 6.09 Å². The van der Waals surface area contributed by atoms with E-state index in [1.165, 1.54) is 11.9 Å². The summed E-state index contributed by atoms with van der Waals surface area (Å²) >= 11 is 1.28. The van der Waals surface area contributed by atoms with Gasteiger partial charge in [-0.2, -0.15) is 0 Å². The van der Waals surface area contributed by atoms with Crippen LogP contribution in [0, 0.1) is 6.92 Å². The van der Waals surface area contributed by atoms with Crippen molar-refractivity contribution in [3.05, 3.63) is 29.8 Å². The predicted octanol–water partition coefficient (Wildman–Crippen LogP) is 3.14. The molecule has 1 aromatic rings. The molecule has 0 radical (unpaired) electrons. The fourth-order valence-electron chi connectivity index (χ4n) is 0.992. The Morgan fingerprint density at radius 3 is 2.87 bits per heavy atom. The summed E-state index contributed by atoms with van der Waals surface area (Å²) < 4.78 is 7.51. The highest BCUT2D eigenvalue weighted by molar-refractivity contribution is 7.98. The van der Waals surface area contributed by atoms with E-state index in [-0.39, 0.29) is 6.09 Å². The average Bonchev–Trinajstić information content (AvgIpc) is 2.25. The van der Waals surface area contributed by atoms with Crippen LogP contribution in [0.4, 0.5) is 4.79 Å². The Kier molecular flexibility index (Phi) is 5.04. The normalized spacial score (nSPS) is 9.73. The zero-order chi connectivity index (χ0) is 11.1. The van der Waals surface area contributed by atoms with Crippen LogP contribution in [0.25, 0.3) is 0 Å². The minimum atomic E-state index is -0.384. The van der Waals surface area contributed by atoms with Crippen molar-refractivity contribution in [1.82, 2.24) is 4.72 Å². The van der Waals surface area contributed by atoms with E-state index in [2.05, 4.69) is 4.72 Å². The molecule has 0 aliphatic heterocycles. The summed E-state index contributed by atoms with van der Waals surface area (Å²) in [5.41, 5.74) is 1.14. The third-order valence-corrected chi connectivity index (χ3v) is 2.72. The van der Waals surface area contributed by atoms with Crippen LogP contribution in [0.3, 0.4) is 0 Å². The smallest absolute Gasteiger partial charge is 0.417 e. The molecule has 0 bridgehead atoms. The molecule has 1 aromatic carbocycles. The van der Waals surface area contributed by atoms with Gasteiger partial charge in [0, 0.05) is 4.90 Å². The molecule has 0 saturated carbocycles. The number of rotatable bonds is 4. The van der Waals surface area contributed by atoms with E-state index >= 15 is 0 Å². The topological polar surface area (TPSA) is 38.3 Å². The maximum Gasteiger partial charge on any atom is 0.417 e. The van der Waals surface area contributed by atoms with E-state index in [0.29, 0.717) is 6.61 Å². The lowest BCUT2D eigenvalue weighted by molar-refractivity contribution is 0.153. The van der Waals surface area contributed by atoms with Crippen LogP contribution in [0.5, 0.6) is 0 Å². The molecule has 0 aromatic heterocycles. The van der Waals surface area contributed by atoms with Crippen LogP contribution in [0.1, 0.15) is 18.9 Å². The molecule has 0 aliphatic carbocycles. The Bertz CT molecular complexity index is 328. The Balaban J connectivity index is 2.37. The fraction of sp³-hybridized carbons (Fsp3) is 0.364. The van der Waals surface area contributed by atoms with Gasteiger partial charge in [0.1, 0.15) is 0 Å². The van der Waals surface area contributed by atoms with Crippen LogP contribution in [-0.4, -0.2) is 12.7 Å². The number of amides is 1. The average molecular weight is 225 g/mol. The number of hydrogen-bond acceptors (Lipinski definition) is 3. The van der Waals surface area contributed by atoms with Crippen LogP contribution >= 0.6 is 11.9 Å². The molecular formula is C11H15NO2S. The van der Waals surface area contributed by atoms with Crippen molar-refractivity contribution in [1.29, 1.82) is 0 Å². The number of ether oxygens (including phenoxy) is 1. The van der Waals surface area contributed by atoms with Gasteiger partial charge in [0.25, 0.3) is 0 Å². The second-order valence-electron chi connectivity index (χ2n) is 3.11. The first-order valence-corrected chi connectivity index (χ1v) is 5.71. The van der Waals surface area contributed by atoms with Gasteiger partial charge in [0.15, 0.2) is 0 Å². The summed E-state index contributed by atoms with van der Waals surface area (Å²) in [6, 6.07) is 7.87. The number of nitrogens with one attached hydrogen (secondary N) is 1. The molecule has 0 unspecified atom stereocenters. The molecule has 82 valence electrons. The summed E-state index contributed by atoms with van der Waals surface area (Å²) in [5.74, 6) is 0. The highest BCUT2D eigenvalue weighted by Gasteiger charge is 2.03. The largest absolute Gasteiger partial charge is 0.449 e. The molecule has 0 heterocycles. The number of carbonyl (C=O) groups is 1. The highest BCUT2D eigenvalue weighted by atomic mass is 32.2. The van der Waals surface area contributed by atoms with E-state index in [0.717, 1.165) is 16.9 Å². The molecule has 1 amide bonds. The van der Waals surface area contributed by atoms with E-state index in [1.807, 2.05) is 38.1 Å². The minimum absolute atomic E-state index is 0.384. The zero-order valence-corrected chi connectivity index (χ0v) is 9.76. The zero-order valence-electron chi connectivity index (χ0n) is 8.95. The SMILES string of the molecule is CCCOC(=O)NSc1ccccc1C. The minimum Gasteiger partial charge on any atom is -0.449 e. The number of benzene rings is 1. The van der Waals surface area contributed by atoms with Gasteiger partial charge < -0.3 is 4.74 Å². The second-order valence-corrected chi connectivity index (χ2v) is 3.95. The molecule has 0 fully saturated rings. The lowest BCUT2D eigenvalue weighted by Crippen LogP contribution is -2.17. The van der Waals surface area contributed by atoms with Gasteiger partial charge in [-0.1, -0.05) is 25.1 Å². The first kappa shape index (κ1) is 11.9. The Morgan fingerprint density at radius 2 is 2.20 bits per heavy atom. The molecule has 15 heavy (non-hydrogen) atoms. The van der Waals surface area contributed by atoms with E-state index in [4.69, 9.17) is 4.74 Å². The third kappa shape index (κ3) is 4.25. The lowest BCUT2D eigenvalue weighted by Gasteiger charge is -2.06. The van der Waals surface area contributed by atoms with Gasteiger partial charge in [-0.05, 0) is 36.9 Å². The standard InChI is InChI=1S/C11H15NO2S/c1-3-8-14-11(13)12-15-10-7-5-4-6-9(10)2/h4-7H,3,8H2,1-2H3,(H,12,13). The van der Waals surface area contributed by atoms with Crippen molar-refractivity contribution in [3.63, 3.8) is 0 Å². The third-order valence-electron chi connectivity index (χ3n) is 1.78. The summed E-state index contributed by atoms with van der Waals surface area (Å²) in [5, 5.41) is 0. The molecule has 0 spiro atoms. The molecule has 1 rings (SSSR count).